The van der Waals surface area contributed by atoms with E-state index in [2.05, 4.69) is 20.7 Å². The van der Waals surface area contributed by atoms with Gasteiger partial charge in [-0.3, -0.25) is 4.79 Å². The van der Waals surface area contributed by atoms with Crippen LogP contribution in [0.15, 0.2) is 48.5 Å². The zero-order chi connectivity index (χ0) is 22.0. The number of carbonyl (C=O) groups excluding carboxylic acids is 1. The molecule has 1 amide bonds. The highest BCUT2D eigenvalue weighted by Gasteiger charge is 2.26. The molecule has 7 nitrogen and oxygen atoms in total. The van der Waals surface area contributed by atoms with E-state index in [0.29, 0.717) is 34.7 Å². The number of halogens is 2. The highest BCUT2D eigenvalue weighted by molar-refractivity contribution is 6.35. The summed E-state index contributed by atoms with van der Waals surface area (Å²) in [6, 6.07) is 12.6. The number of hydrogen-bond acceptors (Lipinski definition) is 5. The number of aliphatic hydroxyl groups excluding tert-OH is 1. The van der Waals surface area contributed by atoms with E-state index in [9.17, 15) is 4.79 Å². The van der Waals surface area contributed by atoms with Gasteiger partial charge in [0.05, 0.1) is 0 Å². The van der Waals surface area contributed by atoms with Crippen molar-refractivity contribution in [2.75, 3.05) is 17.2 Å². The van der Waals surface area contributed by atoms with Crippen LogP contribution in [0.25, 0.3) is 5.70 Å². The van der Waals surface area contributed by atoms with E-state index in [0.717, 1.165) is 22.5 Å². The van der Waals surface area contributed by atoms with E-state index in [4.69, 9.17) is 28.3 Å². The van der Waals surface area contributed by atoms with E-state index in [-0.39, 0.29) is 18.6 Å². The SMILES string of the molecule is CC(=O)Nc1ccc(C2=C[C@@H](c3ccc(Cl)cc3Cl)n3nc(CCCO)nc3N2)cc1. The van der Waals surface area contributed by atoms with E-state index in [1.807, 2.05) is 36.4 Å². The van der Waals surface area contributed by atoms with E-state index >= 15 is 0 Å². The van der Waals surface area contributed by atoms with Gasteiger partial charge in [-0.15, -0.1) is 0 Å². The van der Waals surface area contributed by atoms with Gasteiger partial charge in [0, 0.05) is 41.4 Å². The van der Waals surface area contributed by atoms with E-state index in [1.54, 1.807) is 16.8 Å². The third-order valence-electron chi connectivity index (χ3n) is 4.87. The summed E-state index contributed by atoms with van der Waals surface area (Å²) in [4.78, 5) is 15.9. The van der Waals surface area contributed by atoms with Crippen LogP contribution in [0.4, 0.5) is 11.6 Å². The average Bonchev–Trinajstić information content (AvgIpc) is 3.15. The second kappa shape index (κ2) is 9.09. The molecule has 0 radical (unpaired) electrons. The lowest BCUT2D eigenvalue weighted by Gasteiger charge is -2.25. The van der Waals surface area contributed by atoms with Gasteiger partial charge < -0.3 is 15.7 Å². The topological polar surface area (TPSA) is 92.1 Å². The summed E-state index contributed by atoms with van der Waals surface area (Å²) in [5.41, 5.74) is 3.34. The molecule has 1 aliphatic rings. The van der Waals surface area contributed by atoms with Crippen molar-refractivity contribution in [3.05, 3.63) is 75.5 Å². The van der Waals surface area contributed by atoms with Crippen LogP contribution in [0.2, 0.25) is 10.0 Å². The number of fused-ring (bicyclic) bond motifs is 1. The van der Waals surface area contributed by atoms with Gasteiger partial charge in [-0.2, -0.15) is 10.1 Å². The molecule has 0 fully saturated rings. The summed E-state index contributed by atoms with van der Waals surface area (Å²) in [5.74, 6) is 1.11. The van der Waals surface area contributed by atoms with Crippen molar-refractivity contribution < 1.29 is 9.90 Å². The molecular weight excluding hydrogens is 437 g/mol. The minimum Gasteiger partial charge on any atom is -0.396 e. The summed E-state index contributed by atoms with van der Waals surface area (Å²) < 4.78 is 1.79. The minimum atomic E-state index is -0.290. The van der Waals surface area contributed by atoms with Crippen molar-refractivity contribution in [2.24, 2.45) is 0 Å². The van der Waals surface area contributed by atoms with Gasteiger partial charge in [0.2, 0.25) is 11.9 Å². The van der Waals surface area contributed by atoms with Gasteiger partial charge in [0.1, 0.15) is 6.04 Å². The Kier molecular flexibility index (Phi) is 6.27. The Balaban J connectivity index is 1.74. The molecule has 0 unspecified atom stereocenters. The number of hydrogen-bond donors (Lipinski definition) is 3. The molecule has 9 heteroatoms. The molecule has 160 valence electrons. The third kappa shape index (κ3) is 4.74. The lowest BCUT2D eigenvalue weighted by Crippen LogP contribution is -2.20. The Morgan fingerprint density at radius 1 is 1.23 bits per heavy atom. The number of rotatable bonds is 6. The van der Waals surface area contributed by atoms with Crippen LogP contribution in [0.3, 0.4) is 0 Å². The number of allylic oxidation sites excluding steroid dienone is 1. The van der Waals surface area contributed by atoms with Crippen LogP contribution in [0.5, 0.6) is 0 Å². The van der Waals surface area contributed by atoms with Crippen molar-refractivity contribution in [1.29, 1.82) is 0 Å². The first-order chi connectivity index (χ1) is 14.9. The van der Waals surface area contributed by atoms with Crippen LogP contribution in [0.1, 0.15) is 36.3 Å². The fourth-order valence-corrected chi connectivity index (χ4v) is 3.97. The Morgan fingerprint density at radius 2 is 2.00 bits per heavy atom. The van der Waals surface area contributed by atoms with Crippen molar-refractivity contribution >= 4 is 46.4 Å². The molecule has 1 atom stereocenters. The Bertz CT molecular complexity index is 1140. The summed E-state index contributed by atoms with van der Waals surface area (Å²) in [7, 11) is 0. The molecule has 0 spiro atoms. The summed E-state index contributed by atoms with van der Waals surface area (Å²) >= 11 is 12.6. The summed E-state index contributed by atoms with van der Waals surface area (Å²) in [6.07, 6.45) is 3.18. The Morgan fingerprint density at radius 3 is 2.68 bits per heavy atom. The molecule has 2 heterocycles. The number of amides is 1. The predicted molar refractivity (Wildman–Crippen MR) is 122 cm³/mol. The van der Waals surface area contributed by atoms with Crippen LogP contribution in [-0.2, 0) is 11.2 Å². The molecule has 4 rings (SSSR count). The van der Waals surface area contributed by atoms with Crippen molar-refractivity contribution in [1.82, 2.24) is 14.8 Å². The second-order valence-corrected chi connectivity index (χ2v) is 8.04. The summed E-state index contributed by atoms with van der Waals surface area (Å²) in [5, 5.41) is 21.0. The highest BCUT2D eigenvalue weighted by Crippen LogP contribution is 2.36. The quantitative estimate of drug-likeness (QED) is 0.505. The molecular formula is C22H21Cl2N5O2. The largest absolute Gasteiger partial charge is 0.396 e. The lowest BCUT2D eigenvalue weighted by atomic mass is 10.0. The smallest absolute Gasteiger partial charge is 0.226 e. The molecule has 3 N–H and O–H groups in total. The number of aryl methyl sites for hydroxylation is 1. The molecule has 0 bridgehead atoms. The maximum Gasteiger partial charge on any atom is 0.226 e. The van der Waals surface area contributed by atoms with Crippen LogP contribution < -0.4 is 10.6 Å². The minimum absolute atomic E-state index is 0.0773. The van der Waals surface area contributed by atoms with Gasteiger partial charge in [-0.05, 0) is 47.9 Å². The zero-order valence-electron chi connectivity index (χ0n) is 16.8. The molecule has 0 aliphatic carbocycles. The molecule has 1 aliphatic heterocycles. The number of nitrogens with one attached hydrogen (secondary N) is 2. The van der Waals surface area contributed by atoms with Gasteiger partial charge in [0.25, 0.3) is 0 Å². The average molecular weight is 458 g/mol. The van der Waals surface area contributed by atoms with Gasteiger partial charge in [0.15, 0.2) is 5.82 Å². The standard InChI is InChI=1S/C22H21Cl2N5O2/c1-13(31)25-16-7-4-14(5-8-16)19-12-20(17-9-6-15(23)11-18(17)24)29-22(26-19)27-21(28-29)3-2-10-30/h4-9,11-12,20,30H,2-3,10H2,1H3,(H,25,31)(H,26,27,28)/t20-/m0/s1. The van der Waals surface area contributed by atoms with Gasteiger partial charge >= 0.3 is 0 Å². The Labute approximate surface area is 189 Å². The van der Waals surface area contributed by atoms with E-state index < -0.39 is 0 Å². The van der Waals surface area contributed by atoms with E-state index in [1.165, 1.54) is 6.92 Å². The first kappa shape index (κ1) is 21.4. The molecule has 31 heavy (non-hydrogen) atoms. The fraction of sp³-hybridized carbons (Fsp3) is 0.227. The molecule has 0 saturated carbocycles. The maximum atomic E-state index is 11.3. The maximum absolute atomic E-state index is 11.3. The van der Waals surface area contributed by atoms with Crippen LogP contribution >= 0.6 is 23.2 Å². The number of anilines is 2. The zero-order valence-corrected chi connectivity index (χ0v) is 18.3. The fourth-order valence-electron chi connectivity index (χ4n) is 3.45. The predicted octanol–water partition coefficient (Wildman–Crippen LogP) is 4.52. The van der Waals surface area contributed by atoms with Gasteiger partial charge in [-0.1, -0.05) is 41.4 Å². The van der Waals surface area contributed by atoms with Crippen molar-refractivity contribution in [3.8, 4) is 0 Å². The number of nitrogens with zero attached hydrogens (tertiary/aromatic N) is 3. The molecule has 0 saturated heterocycles. The lowest BCUT2D eigenvalue weighted by molar-refractivity contribution is -0.114. The Hall–Kier alpha value is -2.87. The monoisotopic (exact) mass is 457 g/mol. The first-order valence-corrected chi connectivity index (χ1v) is 10.6. The van der Waals surface area contributed by atoms with Crippen molar-refractivity contribution in [3.63, 3.8) is 0 Å². The number of aromatic nitrogens is 3. The van der Waals surface area contributed by atoms with Crippen LogP contribution in [-0.4, -0.2) is 32.4 Å². The highest BCUT2D eigenvalue weighted by atomic mass is 35.5. The number of carbonyl (C=O) groups is 1. The third-order valence-corrected chi connectivity index (χ3v) is 5.43. The van der Waals surface area contributed by atoms with Gasteiger partial charge in [-0.25, -0.2) is 4.68 Å². The van der Waals surface area contributed by atoms with Crippen LogP contribution in [0, 0.1) is 0 Å². The molecule has 3 aromatic rings. The summed E-state index contributed by atoms with van der Waals surface area (Å²) in [6.45, 7) is 1.55. The molecule has 1 aromatic heterocycles. The van der Waals surface area contributed by atoms with Crippen molar-refractivity contribution in [2.45, 2.75) is 25.8 Å². The number of aliphatic hydroxyl groups is 1. The molecule has 2 aromatic carbocycles. The normalized spacial score (nSPS) is 15.1. The first-order valence-electron chi connectivity index (χ1n) is 9.82. The number of benzene rings is 2. The second-order valence-electron chi connectivity index (χ2n) is 7.20.